The van der Waals surface area contributed by atoms with Gasteiger partial charge in [-0.25, -0.2) is 0 Å². The van der Waals surface area contributed by atoms with Crippen molar-refractivity contribution in [2.75, 3.05) is 0 Å². The topological polar surface area (TPSA) is 48.0 Å². The van der Waals surface area contributed by atoms with Crippen LogP contribution in [0, 0.1) is 0 Å². The number of carbonyl (C=O) groups excluding carboxylic acids is 1. The van der Waals surface area contributed by atoms with Gasteiger partial charge in [-0.3, -0.25) is 4.79 Å². The summed E-state index contributed by atoms with van der Waals surface area (Å²) in [6.07, 6.45) is 1.82. The zero-order valence-corrected chi connectivity index (χ0v) is 11.9. The number of nitrogens with two attached hydrogens (primary N) is 1. The van der Waals surface area contributed by atoms with Crippen molar-refractivity contribution in [2.24, 2.45) is 5.73 Å². The number of fused-ring (bicyclic) bond motifs is 2. The second-order valence-electron chi connectivity index (χ2n) is 5.33. The molecule has 3 aromatic carbocycles. The van der Waals surface area contributed by atoms with E-state index in [2.05, 4.69) is 30.3 Å². The average molecular weight is 286 g/mol. The molecule has 1 aromatic heterocycles. The van der Waals surface area contributed by atoms with E-state index in [1.165, 1.54) is 10.8 Å². The second-order valence-corrected chi connectivity index (χ2v) is 5.33. The van der Waals surface area contributed by atoms with Crippen LogP contribution in [0.3, 0.4) is 0 Å². The molecule has 4 rings (SSSR count). The minimum Gasteiger partial charge on any atom is -0.366 e. The molecule has 0 atom stereocenters. The van der Waals surface area contributed by atoms with Crippen molar-refractivity contribution < 1.29 is 4.79 Å². The molecule has 0 fully saturated rings. The SMILES string of the molecule is NC(=O)c1cn(-c2ccc3ccccc3c2)c2ccccc12. The third kappa shape index (κ3) is 1.87. The first-order valence-electron chi connectivity index (χ1n) is 7.13. The summed E-state index contributed by atoms with van der Waals surface area (Å²) in [5.41, 5.74) is 8.05. The summed E-state index contributed by atoms with van der Waals surface area (Å²) in [4.78, 5) is 11.7. The van der Waals surface area contributed by atoms with Gasteiger partial charge in [0, 0.05) is 17.3 Å². The molecule has 0 radical (unpaired) electrons. The lowest BCUT2D eigenvalue weighted by molar-refractivity contribution is 0.100. The molecule has 0 aliphatic rings. The maximum atomic E-state index is 11.7. The van der Waals surface area contributed by atoms with Crippen LogP contribution in [0.25, 0.3) is 27.4 Å². The summed E-state index contributed by atoms with van der Waals surface area (Å²) in [7, 11) is 0. The summed E-state index contributed by atoms with van der Waals surface area (Å²) in [5.74, 6) is -0.407. The highest BCUT2D eigenvalue weighted by molar-refractivity contribution is 6.06. The van der Waals surface area contributed by atoms with Crippen LogP contribution in [0.5, 0.6) is 0 Å². The Balaban J connectivity index is 2.01. The van der Waals surface area contributed by atoms with Crippen LogP contribution >= 0.6 is 0 Å². The van der Waals surface area contributed by atoms with Crippen LogP contribution in [0.1, 0.15) is 10.4 Å². The molecule has 0 saturated heterocycles. The molecular weight excluding hydrogens is 272 g/mol. The molecule has 4 aromatic rings. The lowest BCUT2D eigenvalue weighted by Gasteiger charge is -2.07. The minimum absolute atomic E-state index is 0.407. The summed E-state index contributed by atoms with van der Waals surface area (Å²) >= 11 is 0. The van der Waals surface area contributed by atoms with Crippen molar-refractivity contribution in [2.45, 2.75) is 0 Å². The summed E-state index contributed by atoms with van der Waals surface area (Å²) in [6.45, 7) is 0. The average Bonchev–Trinajstić information content (AvgIpc) is 2.94. The standard InChI is InChI=1S/C19H14N2O/c20-19(22)17-12-21(18-8-4-3-7-16(17)18)15-10-9-13-5-1-2-6-14(13)11-15/h1-12H,(H2,20,22). The predicted molar refractivity (Wildman–Crippen MR) is 89.3 cm³/mol. The molecule has 0 bridgehead atoms. The van der Waals surface area contributed by atoms with Gasteiger partial charge in [0.25, 0.3) is 5.91 Å². The molecule has 0 aliphatic carbocycles. The van der Waals surface area contributed by atoms with Crippen molar-refractivity contribution in [1.82, 2.24) is 4.57 Å². The van der Waals surface area contributed by atoms with E-state index in [9.17, 15) is 4.79 Å². The zero-order valence-electron chi connectivity index (χ0n) is 11.9. The van der Waals surface area contributed by atoms with Gasteiger partial charge in [-0.05, 0) is 29.0 Å². The van der Waals surface area contributed by atoms with E-state index in [1.54, 1.807) is 0 Å². The predicted octanol–water partition coefficient (Wildman–Crippen LogP) is 3.88. The summed E-state index contributed by atoms with van der Waals surface area (Å²) in [5, 5.41) is 3.24. The van der Waals surface area contributed by atoms with Crippen molar-refractivity contribution in [3.8, 4) is 5.69 Å². The van der Waals surface area contributed by atoms with Gasteiger partial charge in [0.2, 0.25) is 0 Å². The maximum absolute atomic E-state index is 11.7. The fourth-order valence-electron chi connectivity index (χ4n) is 2.92. The number of para-hydroxylation sites is 1. The van der Waals surface area contributed by atoms with E-state index in [0.717, 1.165) is 16.6 Å². The number of aromatic nitrogens is 1. The van der Waals surface area contributed by atoms with E-state index in [1.807, 2.05) is 47.2 Å². The van der Waals surface area contributed by atoms with E-state index in [4.69, 9.17) is 5.73 Å². The monoisotopic (exact) mass is 286 g/mol. The first kappa shape index (κ1) is 12.7. The molecule has 1 heterocycles. The molecule has 3 nitrogen and oxygen atoms in total. The normalized spacial score (nSPS) is 11.1. The quantitative estimate of drug-likeness (QED) is 0.597. The number of hydrogen-bond donors (Lipinski definition) is 1. The van der Waals surface area contributed by atoms with Crippen LogP contribution in [0.2, 0.25) is 0 Å². The Morgan fingerprint density at radius 1 is 0.864 bits per heavy atom. The Morgan fingerprint density at radius 2 is 1.59 bits per heavy atom. The first-order chi connectivity index (χ1) is 10.7. The van der Waals surface area contributed by atoms with Gasteiger partial charge in [0.1, 0.15) is 0 Å². The van der Waals surface area contributed by atoms with E-state index >= 15 is 0 Å². The smallest absolute Gasteiger partial charge is 0.250 e. The lowest BCUT2D eigenvalue weighted by Crippen LogP contribution is -2.10. The maximum Gasteiger partial charge on any atom is 0.250 e. The van der Waals surface area contributed by atoms with Gasteiger partial charge < -0.3 is 10.3 Å². The van der Waals surface area contributed by atoms with Crippen LogP contribution in [-0.2, 0) is 0 Å². The highest BCUT2D eigenvalue weighted by atomic mass is 16.1. The minimum atomic E-state index is -0.407. The van der Waals surface area contributed by atoms with Gasteiger partial charge in [-0.1, -0.05) is 48.5 Å². The third-order valence-corrected chi connectivity index (χ3v) is 3.99. The Bertz CT molecular complexity index is 1010. The van der Waals surface area contributed by atoms with Crippen molar-refractivity contribution in [3.63, 3.8) is 0 Å². The van der Waals surface area contributed by atoms with E-state index in [0.29, 0.717) is 5.56 Å². The Kier molecular flexibility index (Phi) is 2.73. The summed E-state index contributed by atoms with van der Waals surface area (Å²) in [6, 6.07) is 22.3. The van der Waals surface area contributed by atoms with E-state index < -0.39 is 5.91 Å². The second kappa shape index (κ2) is 4.74. The number of nitrogens with zero attached hydrogens (tertiary/aromatic N) is 1. The largest absolute Gasteiger partial charge is 0.366 e. The van der Waals surface area contributed by atoms with Gasteiger partial charge in [0.15, 0.2) is 0 Å². The van der Waals surface area contributed by atoms with Gasteiger partial charge in [-0.2, -0.15) is 0 Å². The highest BCUT2D eigenvalue weighted by Gasteiger charge is 2.13. The van der Waals surface area contributed by atoms with Crippen LogP contribution in [0.4, 0.5) is 0 Å². The molecule has 106 valence electrons. The molecule has 3 heteroatoms. The molecule has 1 amide bonds. The Labute approximate surface area is 127 Å². The molecule has 0 unspecified atom stereocenters. The molecule has 0 aliphatic heterocycles. The van der Waals surface area contributed by atoms with Crippen LogP contribution in [-0.4, -0.2) is 10.5 Å². The number of benzene rings is 3. The van der Waals surface area contributed by atoms with Gasteiger partial charge in [-0.15, -0.1) is 0 Å². The fourth-order valence-corrected chi connectivity index (χ4v) is 2.92. The third-order valence-electron chi connectivity index (χ3n) is 3.99. The first-order valence-corrected chi connectivity index (χ1v) is 7.13. The van der Waals surface area contributed by atoms with Crippen LogP contribution < -0.4 is 5.73 Å². The molecule has 0 saturated carbocycles. The van der Waals surface area contributed by atoms with Crippen molar-refractivity contribution in [3.05, 3.63) is 78.5 Å². The number of rotatable bonds is 2. The number of amides is 1. The van der Waals surface area contributed by atoms with Crippen LogP contribution in [0.15, 0.2) is 72.9 Å². The van der Waals surface area contributed by atoms with Crippen molar-refractivity contribution in [1.29, 1.82) is 0 Å². The molecular formula is C19H14N2O. The lowest BCUT2D eigenvalue weighted by atomic mass is 10.1. The number of carbonyl (C=O) groups is 1. The Hall–Kier alpha value is -3.07. The molecule has 22 heavy (non-hydrogen) atoms. The Morgan fingerprint density at radius 3 is 2.41 bits per heavy atom. The summed E-state index contributed by atoms with van der Waals surface area (Å²) < 4.78 is 2.02. The number of primary amides is 1. The van der Waals surface area contributed by atoms with Crippen molar-refractivity contribution >= 4 is 27.6 Å². The molecule has 2 N–H and O–H groups in total. The highest BCUT2D eigenvalue weighted by Crippen LogP contribution is 2.26. The van der Waals surface area contributed by atoms with Gasteiger partial charge >= 0.3 is 0 Å². The zero-order chi connectivity index (χ0) is 15.1. The van der Waals surface area contributed by atoms with E-state index in [-0.39, 0.29) is 0 Å². The number of hydrogen-bond acceptors (Lipinski definition) is 1. The molecule has 0 spiro atoms. The van der Waals surface area contributed by atoms with Gasteiger partial charge in [0.05, 0.1) is 11.1 Å². The fraction of sp³-hybridized carbons (Fsp3) is 0.